The molecular formula is C16H25NO. The number of hydrogen-bond acceptors (Lipinski definition) is 2. The van der Waals surface area contributed by atoms with E-state index in [0.29, 0.717) is 12.0 Å². The molecule has 3 atom stereocenters. The van der Waals surface area contributed by atoms with Crippen molar-refractivity contribution in [2.75, 3.05) is 0 Å². The van der Waals surface area contributed by atoms with E-state index in [-0.39, 0.29) is 0 Å². The highest BCUT2D eigenvalue weighted by Crippen LogP contribution is 2.47. The van der Waals surface area contributed by atoms with Crippen LogP contribution in [0.2, 0.25) is 0 Å². The van der Waals surface area contributed by atoms with Gasteiger partial charge in [-0.2, -0.15) is 0 Å². The van der Waals surface area contributed by atoms with Crippen LogP contribution in [0.15, 0.2) is 16.5 Å². The monoisotopic (exact) mass is 247 g/mol. The molecule has 2 saturated carbocycles. The molecule has 0 aliphatic heterocycles. The SMILES string of the molecule is CC1CC1c1ccc(CN[C@H](C)C2CCCC2)o1. The van der Waals surface area contributed by atoms with E-state index < -0.39 is 0 Å². The molecule has 1 heterocycles. The maximum atomic E-state index is 5.93. The van der Waals surface area contributed by atoms with Crippen LogP contribution < -0.4 is 5.32 Å². The van der Waals surface area contributed by atoms with E-state index in [1.807, 2.05) is 0 Å². The molecule has 100 valence electrons. The van der Waals surface area contributed by atoms with Gasteiger partial charge in [0, 0.05) is 12.0 Å². The summed E-state index contributed by atoms with van der Waals surface area (Å²) in [4.78, 5) is 0. The number of hydrogen-bond donors (Lipinski definition) is 1. The molecule has 0 bridgehead atoms. The summed E-state index contributed by atoms with van der Waals surface area (Å²) in [6.07, 6.45) is 6.94. The zero-order chi connectivity index (χ0) is 12.5. The molecule has 2 fully saturated rings. The van der Waals surface area contributed by atoms with Crippen molar-refractivity contribution in [3.8, 4) is 0 Å². The van der Waals surface area contributed by atoms with E-state index in [0.717, 1.165) is 24.1 Å². The van der Waals surface area contributed by atoms with E-state index in [1.165, 1.54) is 37.9 Å². The number of furan rings is 1. The highest BCUT2D eigenvalue weighted by Gasteiger charge is 2.36. The smallest absolute Gasteiger partial charge is 0.117 e. The minimum atomic E-state index is 0.626. The van der Waals surface area contributed by atoms with Crippen molar-refractivity contribution in [3.05, 3.63) is 23.7 Å². The Bertz CT molecular complexity index is 392. The quantitative estimate of drug-likeness (QED) is 0.848. The lowest BCUT2D eigenvalue weighted by molar-refractivity contribution is 0.357. The summed E-state index contributed by atoms with van der Waals surface area (Å²) in [6.45, 7) is 5.51. The van der Waals surface area contributed by atoms with Crippen molar-refractivity contribution in [2.24, 2.45) is 11.8 Å². The Morgan fingerprint density at radius 3 is 2.72 bits per heavy atom. The van der Waals surface area contributed by atoms with Gasteiger partial charge in [-0.3, -0.25) is 0 Å². The highest BCUT2D eigenvalue weighted by molar-refractivity contribution is 5.17. The third-order valence-electron chi connectivity index (χ3n) is 4.86. The Balaban J connectivity index is 1.48. The fourth-order valence-electron chi connectivity index (χ4n) is 3.29. The molecule has 0 aromatic carbocycles. The van der Waals surface area contributed by atoms with E-state index in [1.54, 1.807) is 0 Å². The maximum absolute atomic E-state index is 5.93. The third kappa shape index (κ3) is 2.64. The van der Waals surface area contributed by atoms with Gasteiger partial charge in [0.25, 0.3) is 0 Å². The van der Waals surface area contributed by atoms with Gasteiger partial charge < -0.3 is 9.73 Å². The van der Waals surface area contributed by atoms with Gasteiger partial charge >= 0.3 is 0 Å². The fourth-order valence-corrected chi connectivity index (χ4v) is 3.29. The molecule has 1 aromatic rings. The van der Waals surface area contributed by atoms with E-state index >= 15 is 0 Å². The summed E-state index contributed by atoms with van der Waals surface area (Å²) < 4.78 is 5.93. The summed E-state index contributed by atoms with van der Waals surface area (Å²) in [5.41, 5.74) is 0. The number of nitrogens with one attached hydrogen (secondary N) is 1. The second kappa shape index (κ2) is 5.08. The summed E-state index contributed by atoms with van der Waals surface area (Å²) >= 11 is 0. The second-order valence-corrected chi connectivity index (χ2v) is 6.34. The average molecular weight is 247 g/mol. The van der Waals surface area contributed by atoms with Gasteiger partial charge in [0.05, 0.1) is 6.54 Å². The predicted octanol–water partition coefficient (Wildman–Crippen LogP) is 4.07. The van der Waals surface area contributed by atoms with Crippen LogP contribution in [-0.4, -0.2) is 6.04 Å². The van der Waals surface area contributed by atoms with Crippen molar-refractivity contribution in [2.45, 2.75) is 64.5 Å². The van der Waals surface area contributed by atoms with Gasteiger partial charge in [0.1, 0.15) is 11.5 Å². The van der Waals surface area contributed by atoms with Crippen molar-refractivity contribution in [1.82, 2.24) is 5.32 Å². The minimum Gasteiger partial charge on any atom is -0.464 e. The molecule has 2 unspecified atom stereocenters. The minimum absolute atomic E-state index is 0.626. The first-order valence-electron chi connectivity index (χ1n) is 7.56. The molecule has 0 radical (unpaired) electrons. The summed E-state index contributed by atoms with van der Waals surface area (Å²) in [6, 6.07) is 4.95. The second-order valence-electron chi connectivity index (χ2n) is 6.34. The molecule has 2 aliphatic rings. The van der Waals surface area contributed by atoms with Crippen molar-refractivity contribution in [3.63, 3.8) is 0 Å². The zero-order valence-corrected chi connectivity index (χ0v) is 11.6. The van der Waals surface area contributed by atoms with Gasteiger partial charge in [0.15, 0.2) is 0 Å². The van der Waals surface area contributed by atoms with Crippen LogP contribution in [0.5, 0.6) is 0 Å². The van der Waals surface area contributed by atoms with Crippen LogP contribution in [0, 0.1) is 11.8 Å². The maximum Gasteiger partial charge on any atom is 0.117 e. The van der Waals surface area contributed by atoms with Gasteiger partial charge in [-0.05, 0) is 50.2 Å². The Kier molecular flexibility index (Phi) is 3.47. The zero-order valence-electron chi connectivity index (χ0n) is 11.6. The van der Waals surface area contributed by atoms with Crippen molar-refractivity contribution >= 4 is 0 Å². The first-order valence-corrected chi connectivity index (χ1v) is 7.56. The van der Waals surface area contributed by atoms with Crippen LogP contribution >= 0.6 is 0 Å². The lowest BCUT2D eigenvalue weighted by atomic mass is 10.00. The molecule has 2 heteroatoms. The molecule has 1 aromatic heterocycles. The standard InChI is InChI=1S/C16H25NO/c1-11-9-15(11)16-8-7-14(18-16)10-17-12(2)13-5-3-4-6-13/h7-8,11-13,15,17H,3-6,9-10H2,1-2H3/t11?,12-,15?/m1/s1. The van der Waals surface area contributed by atoms with Crippen molar-refractivity contribution < 1.29 is 4.42 Å². The Morgan fingerprint density at radius 1 is 1.33 bits per heavy atom. The lowest BCUT2D eigenvalue weighted by Gasteiger charge is -2.19. The lowest BCUT2D eigenvalue weighted by Crippen LogP contribution is -2.31. The van der Waals surface area contributed by atoms with Gasteiger partial charge in [-0.1, -0.05) is 19.8 Å². The van der Waals surface area contributed by atoms with Crippen LogP contribution in [0.25, 0.3) is 0 Å². The van der Waals surface area contributed by atoms with Gasteiger partial charge in [-0.25, -0.2) is 0 Å². The largest absolute Gasteiger partial charge is 0.464 e. The van der Waals surface area contributed by atoms with E-state index in [4.69, 9.17) is 4.42 Å². The Morgan fingerprint density at radius 2 is 2.06 bits per heavy atom. The van der Waals surface area contributed by atoms with Crippen LogP contribution in [-0.2, 0) is 6.54 Å². The summed E-state index contributed by atoms with van der Waals surface area (Å²) in [5, 5.41) is 3.63. The molecule has 2 aliphatic carbocycles. The third-order valence-corrected chi connectivity index (χ3v) is 4.86. The molecule has 18 heavy (non-hydrogen) atoms. The molecule has 0 amide bonds. The van der Waals surface area contributed by atoms with Crippen molar-refractivity contribution in [1.29, 1.82) is 0 Å². The van der Waals surface area contributed by atoms with Crippen LogP contribution in [0.3, 0.4) is 0 Å². The average Bonchev–Trinajstić information content (AvgIpc) is 2.87. The van der Waals surface area contributed by atoms with Crippen LogP contribution in [0.4, 0.5) is 0 Å². The van der Waals surface area contributed by atoms with E-state index in [9.17, 15) is 0 Å². The van der Waals surface area contributed by atoms with Gasteiger partial charge in [-0.15, -0.1) is 0 Å². The van der Waals surface area contributed by atoms with Crippen LogP contribution in [0.1, 0.15) is 63.4 Å². The fraction of sp³-hybridized carbons (Fsp3) is 0.750. The molecule has 2 nitrogen and oxygen atoms in total. The molecule has 3 rings (SSSR count). The molecular weight excluding hydrogens is 222 g/mol. The van der Waals surface area contributed by atoms with E-state index in [2.05, 4.69) is 31.3 Å². The topological polar surface area (TPSA) is 25.2 Å². The predicted molar refractivity (Wildman–Crippen MR) is 73.5 cm³/mol. The normalized spacial score (nSPS) is 29.7. The van der Waals surface area contributed by atoms with Gasteiger partial charge in [0.2, 0.25) is 0 Å². The Hall–Kier alpha value is -0.760. The summed E-state index contributed by atoms with van der Waals surface area (Å²) in [7, 11) is 0. The number of rotatable bonds is 5. The summed E-state index contributed by atoms with van der Waals surface area (Å²) in [5.74, 6) is 4.71. The Labute approximate surface area is 110 Å². The first kappa shape index (κ1) is 12.3. The molecule has 0 spiro atoms. The highest BCUT2D eigenvalue weighted by atomic mass is 16.3. The molecule has 0 saturated heterocycles. The first-order chi connectivity index (χ1) is 8.74. The molecule has 1 N–H and O–H groups in total.